The van der Waals surface area contributed by atoms with Crippen LogP contribution in [0, 0.1) is 6.92 Å². The number of hydrogen-bond donors (Lipinski definition) is 0. The van der Waals surface area contributed by atoms with Gasteiger partial charge in [0.15, 0.2) is 5.58 Å². The summed E-state index contributed by atoms with van der Waals surface area (Å²) in [7, 11) is -0.500. The van der Waals surface area contributed by atoms with Gasteiger partial charge in [-0.25, -0.2) is 22.7 Å². The lowest BCUT2D eigenvalue weighted by atomic mass is 10.2. The highest BCUT2D eigenvalue weighted by Crippen LogP contribution is 2.30. The van der Waals surface area contributed by atoms with Crippen molar-refractivity contribution >= 4 is 44.2 Å². The third kappa shape index (κ3) is 4.23. The Balaban J connectivity index is 1.50. The smallest absolute Gasteiger partial charge is 0.257 e. The van der Waals surface area contributed by atoms with Crippen LogP contribution in [0.15, 0.2) is 62.4 Å². The van der Waals surface area contributed by atoms with E-state index in [0.717, 1.165) is 16.3 Å². The minimum atomic E-state index is -3.50. The van der Waals surface area contributed by atoms with Crippen molar-refractivity contribution in [2.45, 2.75) is 22.8 Å². The van der Waals surface area contributed by atoms with Crippen LogP contribution in [0.5, 0.6) is 0 Å². The molecule has 0 spiro atoms. The number of rotatable bonds is 6. The number of thioether (sulfide) groups is 1. The fraction of sp³-hybridized carbons (Fsp3) is 0.200. The molecule has 0 saturated carbocycles. The number of oxazole rings is 1. The minimum Gasteiger partial charge on any atom is -0.431 e. The van der Waals surface area contributed by atoms with Gasteiger partial charge in [0.2, 0.25) is 10.0 Å². The van der Waals surface area contributed by atoms with Gasteiger partial charge in [0.05, 0.1) is 10.6 Å². The van der Waals surface area contributed by atoms with Crippen molar-refractivity contribution in [2.75, 3.05) is 14.1 Å². The molecule has 9 heteroatoms. The maximum Gasteiger partial charge on any atom is 0.257 e. The van der Waals surface area contributed by atoms with Gasteiger partial charge in [-0.1, -0.05) is 41.6 Å². The summed E-state index contributed by atoms with van der Waals surface area (Å²) in [6.45, 7) is 2.06. The number of fused-ring (bicyclic) bond motifs is 1. The first kappa shape index (κ1) is 20.1. The first-order valence-electron chi connectivity index (χ1n) is 8.80. The number of sulfonamides is 1. The Bertz CT molecular complexity index is 1260. The molecule has 0 radical (unpaired) electrons. The molecule has 29 heavy (non-hydrogen) atoms. The van der Waals surface area contributed by atoms with Gasteiger partial charge < -0.3 is 4.42 Å². The molecule has 0 aliphatic carbocycles. The zero-order chi connectivity index (χ0) is 20.6. The van der Waals surface area contributed by atoms with E-state index in [1.54, 1.807) is 17.4 Å². The van der Waals surface area contributed by atoms with E-state index in [0.29, 0.717) is 22.1 Å². The summed E-state index contributed by atoms with van der Waals surface area (Å²) >= 11 is 3.05. The third-order valence-electron chi connectivity index (χ3n) is 4.31. The van der Waals surface area contributed by atoms with Crippen molar-refractivity contribution in [1.82, 2.24) is 14.3 Å². The van der Waals surface area contributed by atoms with Gasteiger partial charge >= 0.3 is 0 Å². The minimum absolute atomic E-state index is 0.196. The Hall–Kier alpha value is -2.20. The summed E-state index contributed by atoms with van der Waals surface area (Å²) in [5.74, 6) is 0.623. The predicted octanol–water partition coefficient (Wildman–Crippen LogP) is 4.80. The summed E-state index contributed by atoms with van der Waals surface area (Å²) < 4.78 is 31.5. The molecule has 2 heterocycles. The molecule has 0 unspecified atom stereocenters. The van der Waals surface area contributed by atoms with Crippen LogP contribution in [-0.4, -0.2) is 36.8 Å². The molecule has 4 aromatic rings. The van der Waals surface area contributed by atoms with Crippen LogP contribution in [0.4, 0.5) is 0 Å². The van der Waals surface area contributed by atoms with E-state index in [4.69, 9.17) is 4.42 Å². The number of aryl methyl sites for hydroxylation is 1. The SMILES string of the molecule is Cc1ccc(-c2nc(CSc3nc4cc(S(=O)(=O)N(C)C)ccc4o3)cs2)cc1. The zero-order valence-corrected chi connectivity index (χ0v) is 18.6. The Morgan fingerprint density at radius 3 is 2.59 bits per heavy atom. The molecule has 0 fully saturated rings. The second kappa shape index (κ2) is 7.91. The van der Waals surface area contributed by atoms with E-state index in [1.165, 1.54) is 47.9 Å². The fourth-order valence-electron chi connectivity index (χ4n) is 2.66. The van der Waals surface area contributed by atoms with Gasteiger partial charge in [0, 0.05) is 30.8 Å². The number of hydrogen-bond acceptors (Lipinski definition) is 7. The van der Waals surface area contributed by atoms with E-state index in [2.05, 4.69) is 41.2 Å². The molecule has 0 amide bonds. The first-order valence-corrected chi connectivity index (χ1v) is 12.1. The van der Waals surface area contributed by atoms with Crippen molar-refractivity contribution in [2.24, 2.45) is 0 Å². The highest BCUT2D eigenvalue weighted by molar-refractivity contribution is 7.98. The largest absolute Gasteiger partial charge is 0.431 e. The molecule has 0 atom stereocenters. The zero-order valence-electron chi connectivity index (χ0n) is 16.1. The van der Waals surface area contributed by atoms with Crippen molar-refractivity contribution in [1.29, 1.82) is 0 Å². The van der Waals surface area contributed by atoms with Gasteiger partial charge in [0.1, 0.15) is 10.5 Å². The van der Waals surface area contributed by atoms with Gasteiger partial charge in [0.25, 0.3) is 5.22 Å². The Morgan fingerprint density at radius 1 is 1.10 bits per heavy atom. The summed E-state index contributed by atoms with van der Waals surface area (Å²) in [6.07, 6.45) is 0. The lowest BCUT2D eigenvalue weighted by Crippen LogP contribution is -2.22. The molecular weight excluding hydrogens is 426 g/mol. The molecule has 4 rings (SSSR count). The van der Waals surface area contributed by atoms with Crippen molar-refractivity contribution in [3.05, 3.63) is 59.1 Å². The second-order valence-electron chi connectivity index (χ2n) is 6.70. The highest BCUT2D eigenvalue weighted by atomic mass is 32.2. The normalized spacial score (nSPS) is 12.1. The lowest BCUT2D eigenvalue weighted by molar-refractivity contribution is 0.489. The van der Waals surface area contributed by atoms with E-state index in [1.807, 2.05) is 5.38 Å². The summed E-state index contributed by atoms with van der Waals surface area (Å²) in [4.78, 5) is 9.31. The highest BCUT2D eigenvalue weighted by Gasteiger charge is 2.19. The van der Waals surface area contributed by atoms with Crippen LogP contribution in [-0.2, 0) is 15.8 Å². The molecule has 0 aliphatic rings. The average Bonchev–Trinajstić information content (AvgIpc) is 3.32. The lowest BCUT2D eigenvalue weighted by Gasteiger charge is -2.10. The number of benzene rings is 2. The molecule has 0 bridgehead atoms. The van der Waals surface area contributed by atoms with E-state index < -0.39 is 10.0 Å². The van der Waals surface area contributed by atoms with Gasteiger partial charge in [-0.3, -0.25) is 0 Å². The predicted molar refractivity (Wildman–Crippen MR) is 117 cm³/mol. The van der Waals surface area contributed by atoms with Crippen molar-refractivity contribution in [3.8, 4) is 10.6 Å². The first-order chi connectivity index (χ1) is 13.8. The van der Waals surface area contributed by atoms with E-state index >= 15 is 0 Å². The Kier molecular flexibility index (Phi) is 5.48. The Morgan fingerprint density at radius 2 is 1.86 bits per heavy atom. The Labute approximate surface area is 177 Å². The van der Waals surface area contributed by atoms with Gasteiger partial charge in [-0.15, -0.1) is 11.3 Å². The molecule has 150 valence electrons. The van der Waals surface area contributed by atoms with Crippen molar-refractivity contribution in [3.63, 3.8) is 0 Å². The van der Waals surface area contributed by atoms with Crippen LogP contribution < -0.4 is 0 Å². The maximum absolute atomic E-state index is 12.3. The van der Waals surface area contributed by atoms with Crippen LogP contribution in [0.25, 0.3) is 21.7 Å². The number of nitrogens with zero attached hydrogens (tertiary/aromatic N) is 3. The van der Waals surface area contributed by atoms with Crippen LogP contribution in [0.1, 0.15) is 11.3 Å². The molecule has 0 aliphatic heterocycles. The van der Waals surface area contributed by atoms with Crippen LogP contribution in [0.3, 0.4) is 0 Å². The van der Waals surface area contributed by atoms with Gasteiger partial charge in [-0.05, 0) is 25.1 Å². The number of thiazole rings is 1. The molecule has 6 nitrogen and oxygen atoms in total. The van der Waals surface area contributed by atoms with E-state index in [-0.39, 0.29) is 4.90 Å². The maximum atomic E-state index is 12.3. The van der Waals surface area contributed by atoms with E-state index in [9.17, 15) is 8.42 Å². The monoisotopic (exact) mass is 445 g/mol. The summed E-state index contributed by atoms with van der Waals surface area (Å²) in [5, 5.41) is 3.51. The number of aromatic nitrogens is 2. The molecule has 2 aromatic heterocycles. The quantitative estimate of drug-likeness (QED) is 0.397. The summed E-state index contributed by atoms with van der Waals surface area (Å²) in [6, 6.07) is 13.0. The average molecular weight is 446 g/mol. The fourth-order valence-corrected chi connectivity index (χ4v) is 5.24. The molecule has 0 saturated heterocycles. The van der Waals surface area contributed by atoms with Crippen LogP contribution in [0.2, 0.25) is 0 Å². The van der Waals surface area contributed by atoms with Gasteiger partial charge in [-0.2, -0.15) is 0 Å². The second-order valence-corrected chi connectivity index (χ2v) is 10.6. The third-order valence-corrected chi connectivity index (χ3v) is 7.92. The standard InChI is InChI=1S/C20H19N3O3S3/c1-13-4-6-14(7-5-13)19-21-15(11-27-19)12-28-20-22-17-10-16(8-9-18(17)26-20)29(24,25)23(2)3/h4-11H,12H2,1-3H3. The molecule has 2 aromatic carbocycles. The topological polar surface area (TPSA) is 76.3 Å². The molecule has 0 N–H and O–H groups in total. The van der Waals surface area contributed by atoms with Crippen LogP contribution >= 0.6 is 23.1 Å². The van der Waals surface area contributed by atoms with Crippen molar-refractivity contribution < 1.29 is 12.8 Å². The summed E-state index contributed by atoms with van der Waals surface area (Å²) in [5.41, 5.74) is 4.36. The molecular formula is C20H19N3O3S3.